The van der Waals surface area contributed by atoms with Crippen LogP contribution in [-0.4, -0.2) is 32.7 Å². The molecule has 8 heteroatoms. The van der Waals surface area contributed by atoms with Crippen LogP contribution in [-0.2, 0) is 17.7 Å². The Balaban J connectivity index is 1.99. The molecule has 0 aliphatic carbocycles. The Kier molecular flexibility index (Phi) is 5.23. The van der Waals surface area contributed by atoms with Crippen molar-refractivity contribution in [1.82, 2.24) is 14.5 Å². The molecule has 0 bridgehead atoms. The third kappa shape index (κ3) is 3.90. The molecule has 1 aliphatic rings. The summed E-state index contributed by atoms with van der Waals surface area (Å²) in [5.41, 5.74) is 1.37. The highest BCUT2D eigenvalue weighted by Gasteiger charge is 2.29. The monoisotopic (exact) mass is 407 g/mol. The summed E-state index contributed by atoms with van der Waals surface area (Å²) in [5.74, 6) is -0.313. The van der Waals surface area contributed by atoms with E-state index >= 15 is 0 Å². The maximum Gasteiger partial charge on any atom is 0.410 e. The van der Waals surface area contributed by atoms with Crippen molar-refractivity contribution in [2.45, 2.75) is 53.2 Å². The van der Waals surface area contributed by atoms with Crippen molar-refractivity contribution in [3.8, 4) is 5.69 Å². The Morgan fingerprint density at radius 1 is 1.25 bits per heavy atom. The van der Waals surface area contributed by atoms with Gasteiger partial charge in [-0.15, -0.1) is 0 Å². The van der Waals surface area contributed by atoms with Crippen LogP contribution in [0.1, 0.15) is 43.2 Å². The largest absolute Gasteiger partial charge is 0.444 e. The number of aryl methyl sites for hydroxylation is 2. The summed E-state index contributed by atoms with van der Waals surface area (Å²) < 4.78 is 20.6. The zero-order valence-corrected chi connectivity index (χ0v) is 17.4. The summed E-state index contributed by atoms with van der Waals surface area (Å²) in [4.78, 5) is 31.2. The summed E-state index contributed by atoms with van der Waals surface area (Å²) in [5, 5.41) is -0.0276. The van der Waals surface area contributed by atoms with E-state index in [-0.39, 0.29) is 23.2 Å². The summed E-state index contributed by atoms with van der Waals surface area (Å²) >= 11 is 6.30. The molecule has 6 nitrogen and oxygen atoms in total. The zero-order valence-electron chi connectivity index (χ0n) is 16.6. The highest BCUT2D eigenvalue weighted by Crippen LogP contribution is 2.23. The van der Waals surface area contributed by atoms with Gasteiger partial charge in [0.1, 0.15) is 11.4 Å². The van der Waals surface area contributed by atoms with Crippen molar-refractivity contribution < 1.29 is 13.9 Å². The van der Waals surface area contributed by atoms with E-state index in [4.69, 9.17) is 16.3 Å². The number of hydrogen-bond acceptors (Lipinski definition) is 4. The summed E-state index contributed by atoms with van der Waals surface area (Å²) in [7, 11) is 0. The van der Waals surface area contributed by atoms with Gasteiger partial charge in [-0.2, -0.15) is 0 Å². The average Bonchev–Trinajstić information content (AvgIpc) is 2.57. The molecule has 2 aromatic rings. The maximum atomic E-state index is 14.0. The fourth-order valence-electron chi connectivity index (χ4n) is 3.22. The van der Waals surface area contributed by atoms with Crippen molar-refractivity contribution >= 4 is 17.7 Å². The van der Waals surface area contributed by atoms with Crippen molar-refractivity contribution in [3.05, 3.63) is 56.0 Å². The molecular weight excluding hydrogens is 385 g/mol. The van der Waals surface area contributed by atoms with Gasteiger partial charge in [0.2, 0.25) is 5.28 Å². The van der Waals surface area contributed by atoms with Gasteiger partial charge in [0.05, 0.1) is 17.9 Å². The van der Waals surface area contributed by atoms with Gasteiger partial charge < -0.3 is 9.64 Å². The molecule has 0 atom stereocenters. The van der Waals surface area contributed by atoms with Crippen molar-refractivity contribution in [2.75, 3.05) is 6.54 Å². The van der Waals surface area contributed by atoms with Crippen LogP contribution in [0.15, 0.2) is 16.9 Å². The van der Waals surface area contributed by atoms with E-state index in [1.165, 1.54) is 9.47 Å². The number of hydrogen-bond donors (Lipinski definition) is 0. The van der Waals surface area contributed by atoms with Crippen LogP contribution in [0.5, 0.6) is 0 Å². The lowest BCUT2D eigenvalue weighted by Gasteiger charge is -2.30. The van der Waals surface area contributed by atoms with E-state index in [0.29, 0.717) is 41.0 Å². The molecule has 0 unspecified atom stereocenters. The van der Waals surface area contributed by atoms with Crippen LogP contribution in [0, 0.1) is 19.7 Å². The molecule has 0 saturated heterocycles. The molecule has 0 fully saturated rings. The number of benzene rings is 1. The molecule has 1 aromatic heterocycles. The minimum atomic E-state index is -0.607. The van der Waals surface area contributed by atoms with Crippen LogP contribution in [0.25, 0.3) is 5.69 Å². The highest BCUT2D eigenvalue weighted by molar-refractivity contribution is 6.28. The number of aromatic nitrogens is 2. The first-order chi connectivity index (χ1) is 13.0. The molecular formula is C20H23ClFN3O3. The topological polar surface area (TPSA) is 64.4 Å². The lowest BCUT2D eigenvalue weighted by molar-refractivity contribution is 0.0220. The fraction of sp³-hybridized carbons (Fsp3) is 0.450. The van der Waals surface area contributed by atoms with Gasteiger partial charge in [-0.3, -0.25) is 9.36 Å². The second-order valence-corrected chi connectivity index (χ2v) is 8.33. The quantitative estimate of drug-likeness (QED) is 0.672. The van der Waals surface area contributed by atoms with Crippen molar-refractivity contribution in [1.29, 1.82) is 0 Å². The Morgan fingerprint density at radius 2 is 1.86 bits per heavy atom. The predicted molar refractivity (Wildman–Crippen MR) is 105 cm³/mol. The molecule has 0 radical (unpaired) electrons. The first kappa shape index (κ1) is 20.3. The molecule has 1 amide bonds. The SMILES string of the molecule is Cc1cc(-n2c(Cl)nc3c(c2=O)CCN(C(=O)OC(C)(C)C)C3)cc(C)c1F. The average molecular weight is 408 g/mol. The first-order valence-corrected chi connectivity index (χ1v) is 9.41. The number of halogens is 2. The number of carbonyl (C=O) groups is 1. The van der Waals surface area contributed by atoms with Gasteiger partial charge in [0.25, 0.3) is 5.56 Å². The number of fused-ring (bicyclic) bond motifs is 1. The normalized spacial score (nSPS) is 14.0. The molecule has 3 rings (SSSR count). The molecule has 0 N–H and O–H groups in total. The molecule has 28 heavy (non-hydrogen) atoms. The van der Waals surface area contributed by atoms with Gasteiger partial charge >= 0.3 is 6.09 Å². The summed E-state index contributed by atoms with van der Waals surface area (Å²) in [6.45, 7) is 9.16. The lowest BCUT2D eigenvalue weighted by atomic mass is 10.1. The van der Waals surface area contributed by atoms with Crippen LogP contribution >= 0.6 is 11.6 Å². The van der Waals surface area contributed by atoms with Crippen LogP contribution < -0.4 is 5.56 Å². The van der Waals surface area contributed by atoms with E-state index in [9.17, 15) is 14.0 Å². The Labute approximate surface area is 167 Å². The molecule has 0 saturated carbocycles. The molecule has 1 aromatic carbocycles. The number of amides is 1. The van der Waals surface area contributed by atoms with Crippen molar-refractivity contribution in [3.63, 3.8) is 0 Å². The van der Waals surface area contributed by atoms with Crippen LogP contribution in [0.4, 0.5) is 9.18 Å². The lowest BCUT2D eigenvalue weighted by Crippen LogP contribution is -2.42. The van der Waals surface area contributed by atoms with E-state index < -0.39 is 11.7 Å². The van der Waals surface area contributed by atoms with Crippen LogP contribution in [0.3, 0.4) is 0 Å². The summed E-state index contributed by atoms with van der Waals surface area (Å²) in [6, 6.07) is 3.14. The standard InChI is InChI=1S/C20H23ClFN3O3/c1-11-8-13(9-12(2)16(11)22)25-17(26)14-6-7-24(10-15(14)23-18(25)21)19(27)28-20(3,4)5/h8-9H,6-7,10H2,1-5H3. The van der Waals surface area contributed by atoms with Crippen LogP contribution in [0.2, 0.25) is 5.28 Å². The van der Waals surface area contributed by atoms with E-state index in [1.807, 2.05) is 0 Å². The third-order valence-electron chi connectivity index (χ3n) is 4.52. The van der Waals surface area contributed by atoms with Gasteiger partial charge in [0, 0.05) is 12.1 Å². The Morgan fingerprint density at radius 3 is 2.43 bits per heavy atom. The fourth-order valence-corrected chi connectivity index (χ4v) is 3.49. The Hall–Kier alpha value is -2.41. The maximum absolute atomic E-state index is 14.0. The third-order valence-corrected chi connectivity index (χ3v) is 4.78. The number of rotatable bonds is 1. The number of ether oxygens (including phenoxy) is 1. The zero-order chi connectivity index (χ0) is 20.8. The minimum Gasteiger partial charge on any atom is -0.444 e. The molecule has 150 valence electrons. The van der Waals surface area contributed by atoms with Gasteiger partial charge in [-0.05, 0) is 75.9 Å². The van der Waals surface area contributed by atoms with E-state index in [1.54, 1.807) is 46.8 Å². The molecule has 1 aliphatic heterocycles. The van der Waals surface area contributed by atoms with Gasteiger partial charge in [0.15, 0.2) is 0 Å². The highest BCUT2D eigenvalue weighted by atomic mass is 35.5. The van der Waals surface area contributed by atoms with Gasteiger partial charge in [-0.25, -0.2) is 14.2 Å². The Bertz CT molecular complexity index is 988. The second-order valence-electron chi connectivity index (χ2n) is 7.99. The van der Waals surface area contributed by atoms with E-state index in [0.717, 1.165) is 0 Å². The summed E-state index contributed by atoms with van der Waals surface area (Å²) in [6.07, 6.45) is -0.110. The van der Waals surface area contributed by atoms with E-state index in [2.05, 4.69) is 4.98 Å². The smallest absolute Gasteiger partial charge is 0.410 e. The van der Waals surface area contributed by atoms with Gasteiger partial charge in [-0.1, -0.05) is 0 Å². The predicted octanol–water partition coefficient (Wildman–Crippen LogP) is 3.94. The second kappa shape index (κ2) is 7.20. The first-order valence-electron chi connectivity index (χ1n) is 9.03. The number of carbonyl (C=O) groups excluding carboxylic acids is 1. The minimum absolute atomic E-state index is 0.0276. The van der Waals surface area contributed by atoms with Crippen molar-refractivity contribution in [2.24, 2.45) is 0 Å². The molecule has 2 heterocycles. The number of nitrogens with zero attached hydrogens (tertiary/aromatic N) is 3. The molecule has 0 spiro atoms.